The molecule has 0 aliphatic heterocycles. The van der Waals surface area contributed by atoms with Crippen molar-refractivity contribution < 1.29 is 22.7 Å². The van der Waals surface area contributed by atoms with Crippen molar-refractivity contribution in [2.24, 2.45) is 0 Å². The van der Waals surface area contributed by atoms with E-state index in [0.29, 0.717) is 22.9 Å². The number of benzene rings is 2. The number of nitrogens with zero attached hydrogens (tertiary/aromatic N) is 2. The van der Waals surface area contributed by atoms with Gasteiger partial charge < -0.3 is 15.0 Å². The first-order valence-corrected chi connectivity index (χ1v) is 16.3. The topological polar surface area (TPSA) is 96.0 Å². The number of anilines is 1. The van der Waals surface area contributed by atoms with E-state index >= 15 is 0 Å². The Bertz CT molecular complexity index is 1250. The lowest BCUT2D eigenvalue weighted by Crippen LogP contribution is -2.51. The molecule has 0 heterocycles. The van der Waals surface area contributed by atoms with Gasteiger partial charge in [0.2, 0.25) is 21.8 Å². The summed E-state index contributed by atoms with van der Waals surface area (Å²) in [7, 11) is -2.16. The maximum Gasteiger partial charge on any atom is 0.243 e. The Kier molecular flexibility index (Phi) is 12.0. The van der Waals surface area contributed by atoms with Gasteiger partial charge in [-0.1, -0.05) is 61.5 Å². The SMILES string of the molecule is CC[C@@H](C(=O)NC1CCCCC1)N(Cc1ccc(Cl)cc1)C(=O)CCCN(c1ccc(OC)c(Cl)c1)S(C)(=O)=O. The molecule has 0 aromatic heterocycles. The normalized spacial score (nSPS) is 14.8. The van der Waals surface area contributed by atoms with E-state index in [1.54, 1.807) is 29.2 Å². The van der Waals surface area contributed by atoms with Crippen LogP contribution in [-0.4, -0.2) is 57.1 Å². The van der Waals surface area contributed by atoms with Crippen LogP contribution in [0.5, 0.6) is 5.75 Å². The molecule has 1 aliphatic rings. The summed E-state index contributed by atoms with van der Waals surface area (Å²) in [5, 5.41) is 4.04. The Balaban J connectivity index is 1.76. The number of rotatable bonds is 13. The molecular weight excluding hydrogens is 573 g/mol. The number of hydrogen-bond donors (Lipinski definition) is 1. The van der Waals surface area contributed by atoms with Crippen LogP contribution in [0.2, 0.25) is 10.0 Å². The van der Waals surface area contributed by atoms with Crippen LogP contribution in [0, 0.1) is 0 Å². The number of halogens is 2. The minimum Gasteiger partial charge on any atom is -0.495 e. The predicted molar refractivity (Wildman–Crippen MR) is 161 cm³/mol. The summed E-state index contributed by atoms with van der Waals surface area (Å²) in [5.41, 5.74) is 1.24. The van der Waals surface area contributed by atoms with Gasteiger partial charge in [0.05, 0.1) is 24.1 Å². The molecule has 2 amide bonds. The van der Waals surface area contributed by atoms with Gasteiger partial charge >= 0.3 is 0 Å². The Morgan fingerprint density at radius 3 is 2.33 bits per heavy atom. The van der Waals surface area contributed by atoms with Gasteiger partial charge in [-0.05, 0) is 61.6 Å². The van der Waals surface area contributed by atoms with E-state index in [0.717, 1.165) is 37.5 Å². The minimum absolute atomic E-state index is 0.0662. The average molecular weight is 613 g/mol. The maximum absolute atomic E-state index is 13.6. The van der Waals surface area contributed by atoms with Gasteiger partial charge in [-0.3, -0.25) is 13.9 Å². The van der Waals surface area contributed by atoms with Crippen molar-refractivity contribution in [1.82, 2.24) is 10.2 Å². The molecule has 2 aromatic carbocycles. The molecule has 0 spiro atoms. The Hall–Kier alpha value is -2.49. The molecule has 1 saturated carbocycles. The smallest absolute Gasteiger partial charge is 0.243 e. The maximum atomic E-state index is 13.6. The highest BCUT2D eigenvalue weighted by atomic mass is 35.5. The summed E-state index contributed by atoms with van der Waals surface area (Å²) in [6.07, 6.45) is 7.15. The van der Waals surface area contributed by atoms with Crippen LogP contribution in [0.25, 0.3) is 0 Å². The van der Waals surface area contributed by atoms with Gasteiger partial charge in [-0.15, -0.1) is 0 Å². The van der Waals surface area contributed by atoms with E-state index in [9.17, 15) is 18.0 Å². The fraction of sp³-hybridized carbons (Fsp3) is 0.517. The second kappa shape index (κ2) is 14.9. The molecule has 0 radical (unpaired) electrons. The third kappa shape index (κ3) is 9.01. The summed E-state index contributed by atoms with van der Waals surface area (Å²) in [6.45, 7) is 2.22. The Morgan fingerprint density at radius 2 is 1.75 bits per heavy atom. The Labute approximate surface area is 248 Å². The molecule has 1 atom stereocenters. The summed E-state index contributed by atoms with van der Waals surface area (Å²) >= 11 is 12.3. The zero-order valence-corrected chi connectivity index (χ0v) is 25.7. The first-order chi connectivity index (χ1) is 19.0. The van der Waals surface area contributed by atoms with Crippen molar-refractivity contribution in [2.45, 2.75) is 76.9 Å². The summed E-state index contributed by atoms with van der Waals surface area (Å²) in [6, 6.07) is 11.4. The first kappa shape index (κ1) is 32.0. The number of carbonyl (C=O) groups excluding carboxylic acids is 2. The molecule has 0 bridgehead atoms. The first-order valence-electron chi connectivity index (χ1n) is 13.7. The second-order valence-corrected chi connectivity index (χ2v) is 12.9. The van der Waals surface area contributed by atoms with E-state index in [-0.39, 0.29) is 48.8 Å². The van der Waals surface area contributed by atoms with Crippen LogP contribution in [0.1, 0.15) is 63.9 Å². The van der Waals surface area contributed by atoms with Crippen LogP contribution < -0.4 is 14.4 Å². The third-order valence-electron chi connectivity index (χ3n) is 7.18. The quantitative estimate of drug-likeness (QED) is 0.308. The van der Waals surface area contributed by atoms with Crippen molar-refractivity contribution in [1.29, 1.82) is 0 Å². The van der Waals surface area contributed by atoms with Gasteiger partial charge in [-0.25, -0.2) is 8.42 Å². The molecule has 8 nitrogen and oxygen atoms in total. The lowest BCUT2D eigenvalue weighted by molar-refractivity contribution is -0.141. The molecule has 220 valence electrons. The van der Waals surface area contributed by atoms with E-state index in [4.69, 9.17) is 27.9 Å². The molecule has 2 aromatic rings. The fourth-order valence-corrected chi connectivity index (χ4v) is 6.40. The molecule has 1 N–H and O–H groups in total. The second-order valence-electron chi connectivity index (χ2n) is 10.2. The summed E-state index contributed by atoms with van der Waals surface area (Å²) in [4.78, 5) is 28.6. The van der Waals surface area contributed by atoms with Crippen LogP contribution in [0.4, 0.5) is 5.69 Å². The van der Waals surface area contributed by atoms with Crippen molar-refractivity contribution >= 4 is 50.7 Å². The molecular formula is C29H39Cl2N3O5S. The van der Waals surface area contributed by atoms with Gasteiger partial charge in [-0.2, -0.15) is 0 Å². The van der Waals surface area contributed by atoms with E-state index < -0.39 is 16.1 Å². The van der Waals surface area contributed by atoms with Gasteiger partial charge in [0, 0.05) is 30.6 Å². The van der Waals surface area contributed by atoms with Crippen molar-refractivity contribution in [3.05, 3.63) is 58.1 Å². The number of sulfonamides is 1. The summed E-state index contributed by atoms with van der Waals surface area (Å²) in [5.74, 6) is 0.0631. The standard InChI is InChI=1S/C29H39Cl2N3O5S/c1-4-26(29(36)32-23-9-6-5-7-10-23)33(20-21-12-14-22(30)15-13-21)28(35)11-8-18-34(40(3,37)38)24-16-17-27(39-2)25(31)19-24/h12-17,19,23,26H,4-11,18,20H2,1-3H3,(H,32,36)/t26-/m0/s1. The molecule has 1 aliphatic carbocycles. The van der Waals surface area contributed by atoms with Crippen LogP contribution in [-0.2, 0) is 26.2 Å². The number of hydrogen-bond acceptors (Lipinski definition) is 5. The molecule has 40 heavy (non-hydrogen) atoms. The summed E-state index contributed by atoms with van der Waals surface area (Å²) < 4.78 is 31.6. The monoisotopic (exact) mass is 611 g/mol. The number of amides is 2. The van der Waals surface area contributed by atoms with Gasteiger partial charge in [0.15, 0.2) is 0 Å². The predicted octanol–water partition coefficient (Wildman–Crippen LogP) is 5.80. The zero-order chi connectivity index (χ0) is 29.3. The number of carbonyl (C=O) groups is 2. The average Bonchev–Trinajstić information content (AvgIpc) is 2.91. The molecule has 0 unspecified atom stereocenters. The van der Waals surface area contributed by atoms with Crippen LogP contribution in [0.15, 0.2) is 42.5 Å². The van der Waals surface area contributed by atoms with E-state index in [1.165, 1.54) is 23.9 Å². The third-order valence-corrected chi connectivity index (χ3v) is 8.92. The van der Waals surface area contributed by atoms with E-state index in [1.807, 2.05) is 19.1 Å². The highest BCUT2D eigenvalue weighted by molar-refractivity contribution is 7.92. The zero-order valence-electron chi connectivity index (χ0n) is 23.4. The Morgan fingerprint density at radius 1 is 1.07 bits per heavy atom. The molecule has 1 fully saturated rings. The fourth-order valence-electron chi connectivity index (χ4n) is 5.06. The molecule has 3 rings (SSSR count). The van der Waals surface area contributed by atoms with Crippen molar-refractivity contribution in [3.63, 3.8) is 0 Å². The van der Waals surface area contributed by atoms with Crippen LogP contribution >= 0.6 is 23.2 Å². The van der Waals surface area contributed by atoms with E-state index in [2.05, 4.69) is 5.32 Å². The highest BCUT2D eigenvalue weighted by Crippen LogP contribution is 2.30. The van der Waals surface area contributed by atoms with Crippen molar-refractivity contribution in [3.8, 4) is 5.75 Å². The molecule has 11 heteroatoms. The number of methoxy groups -OCH3 is 1. The lowest BCUT2D eigenvalue weighted by atomic mass is 9.95. The van der Waals surface area contributed by atoms with Crippen LogP contribution in [0.3, 0.4) is 0 Å². The highest BCUT2D eigenvalue weighted by Gasteiger charge is 2.30. The van der Waals surface area contributed by atoms with Gasteiger partial charge in [0.1, 0.15) is 11.8 Å². The largest absolute Gasteiger partial charge is 0.495 e. The number of ether oxygens (including phenoxy) is 1. The van der Waals surface area contributed by atoms with Crippen molar-refractivity contribution in [2.75, 3.05) is 24.2 Å². The van der Waals surface area contributed by atoms with Gasteiger partial charge in [0.25, 0.3) is 0 Å². The minimum atomic E-state index is -3.64. The lowest BCUT2D eigenvalue weighted by Gasteiger charge is -2.33. The molecule has 0 saturated heterocycles. The number of nitrogens with one attached hydrogen (secondary N) is 1.